The average Bonchev–Trinajstić information content (AvgIpc) is 2.79. The highest BCUT2D eigenvalue weighted by Gasteiger charge is 2.13. The van der Waals surface area contributed by atoms with Crippen LogP contribution in [0, 0.1) is 5.41 Å². The number of nitrogens with one attached hydrogen (secondary N) is 2. The van der Waals surface area contributed by atoms with E-state index in [0.717, 1.165) is 6.26 Å². The standard InChI is InChI=1S/C23H20ClN3O4S/c1-31-23(28)19(25)13-22(27-20-9-4-3-8-18(20)24)21-11-10-16(14-26-21)15-6-5-7-17(12-15)32(2,29)30/h3-14,25,27H,1-2H3/b22-13-,25-19?. The van der Waals surface area contributed by atoms with Crippen molar-refractivity contribution in [2.24, 2.45) is 0 Å². The van der Waals surface area contributed by atoms with Crippen LogP contribution in [0.4, 0.5) is 5.69 Å². The Morgan fingerprint density at radius 3 is 2.47 bits per heavy atom. The number of anilines is 1. The lowest BCUT2D eigenvalue weighted by atomic mass is 10.1. The zero-order valence-electron chi connectivity index (χ0n) is 17.3. The van der Waals surface area contributed by atoms with Crippen LogP contribution in [0.2, 0.25) is 5.02 Å². The highest BCUT2D eigenvalue weighted by Crippen LogP contribution is 2.27. The van der Waals surface area contributed by atoms with Gasteiger partial charge < -0.3 is 10.1 Å². The van der Waals surface area contributed by atoms with Crippen LogP contribution in [-0.4, -0.2) is 38.4 Å². The van der Waals surface area contributed by atoms with Gasteiger partial charge in [-0.05, 0) is 42.0 Å². The molecular formula is C23H20ClN3O4S. The third-order valence-corrected chi connectivity index (χ3v) is 5.91. The largest absolute Gasteiger partial charge is 0.464 e. The zero-order chi connectivity index (χ0) is 23.3. The number of benzene rings is 2. The van der Waals surface area contributed by atoms with Gasteiger partial charge in [-0.3, -0.25) is 10.4 Å². The summed E-state index contributed by atoms with van der Waals surface area (Å²) in [5.41, 5.74) is 2.42. The number of sulfone groups is 1. The lowest BCUT2D eigenvalue weighted by Crippen LogP contribution is -2.14. The van der Waals surface area contributed by atoms with Gasteiger partial charge in [-0.15, -0.1) is 0 Å². The summed E-state index contributed by atoms with van der Waals surface area (Å²) < 4.78 is 28.3. The summed E-state index contributed by atoms with van der Waals surface area (Å²) in [5.74, 6) is -0.794. The van der Waals surface area contributed by atoms with Gasteiger partial charge in [-0.1, -0.05) is 41.9 Å². The van der Waals surface area contributed by atoms with Crippen LogP contribution in [0.15, 0.2) is 77.8 Å². The van der Waals surface area contributed by atoms with E-state index in [9.17, 15) is 13.2 Å². The Morgan fingerprint density at radius 2 is 1.84 bits per heavy atom. The third-order valence-electron chi connectivity index (χ3n) is 4.47. The topological polar surface area (TPSA) is 109 Å². The van der Waals surface area contributed by atoms with Gasteiger partial charge in [0, 0.05) is 18.0 Å². The molecule has 0 aliphatic rings. The Balaban J connectivity index is 1.99. The van der Waals surface area contributed by atoms with E-state index in [2.05, 4.69) is 15.0 Å². The van der Waals surface area contributed by atoms with E-state index in [1.165, 1.54) is 19.3 Å². The lowest BCUT2D eigenvalue weighted by Gasteiger charge is -2.13. The van der Waals surface area contributed by atoms with Crippen LogP contribution in [0.3, 0.4) is 0 Å². The van der Waals surface area contributed by atoms with Crippen molar-refractivity contribution >= 4 is 44.5 Å². The molecule has 32 heavy (non-hydrogen) atoms. The SMILES string of the molecule is COC(=O)C(=N)/C=C(\Nc1ccccc1Cl)c1ccc(-c2cccc(S(C)(=O)=O)c2)cn1. The van der Waals surface area contributed by atoms with Crippen LogP contribution in [0.25, 0.3) is 16.8 Å². The predicted octanol–water partition coefficient (Wildman–Crippen LogP) is 4.45. The molecule has 0 fully saturated rings. The van der Waals surface area contributed by atoms with Crippen LogP contribution in [0.1, 0.15) is 5.69 Å². The predicted molar refractivity (Wildman–Crippen MR) is 126 cm³/mol. The van der Waals surface area contributed by atoms with Crippen LogP contribution >= 0.6 is 11.6 Å². The molecule has 7 nitrogen and oxygen atoms in total. The summed E-state index contributed by atoms with van der Waals surface area (Å²) in [6.07, 6.45) is 4.04. The first-order chi connectivity index (χ1) is 15.2. The van der Waals surface area contributed by atoms with E-state index >= 15 is 0 Å². The molecule has 0 aliphatic carbocycles. The fraction of sp³-hybridized carbons (Fsp3) is 0.0870. The molecule has 3 rings (SSSR count). The van der Waals surface area contributed by atoms with Crippen molar-refractivity contribution in [3.63, 3.8) is 0 Å². The van der Waals surface area contributed by atoms with E-state index in [1.54, 1.807) is 60.8 Å². The number of carbonyl (C=O) groups is 1. The molecule has 1 heterocycles. The van der Waals surface area contributed by atoms with Gasteiger partial charge in [-0.2, -0.15) is 0 Å². The first-order valence-electron chi connectivity index (χ1n) is 9.36. The molecule has 1 aromatic heterocycles. The first-order valence-corrected chi connectivity index (χ1v) is 11.6. The zero-order valence-corrected chi connectivity index (χ0v) is 18.9. The quantitative estimate of drug-likeness (QED) is 0.390. The third kappa shape index (κ3) is 5.60. The molecule has 0 saturated heterocycles. The summed E-state index contributed by atoms with van der Waals surface area (Å²) in [6.45, 7) is 0. The number of carbonyl (C=O) groups excluding carboxylic acids is 1. The minimum atomic E-state index is -3.34. The van der Waals surface area contributed by atoms with Gasteiger partial charge in [0.1, 0.15) is 5.71 Å². The Morgan fingerprint density at radius 1 is 1.09 bits per heavy atom. The maximum absolute atomic E-state index is 11.8. The minimum absolute atomic E-state index is 0.214. The molecule has 0 saturated carbocycles. The first kappa shape index (κ1) is 23.2. The second-order valence-electron chi connectivity index (χ2n) is 6.80. The number of methoxy groups -OCH3 is 1. The smallest absolute Gasteiger partial charge is 0.356 e. The Bertz CT molecular complexity index is 1300. The average molecular weight is 470 g/mol. The molecule has 0 amide bonds. The van der Waals surface area contributed by atoms with E-state index in [4.69, 9.17) is 17.0 Å². The van der Waals surface area contributed by atoms with Gasteiger partial charge >= 0.3 is 5.97 Å². The highest BCUT2D eigenvalue weighted by atomic mass is 35.5. The Kier molecular flexibility index (Phi) is 7.07. The van der Waals surface area contributed by atoms with Crippen molar-refractivity contribution in [1.82, 2.24) is 4.98 Å². The molecule has 2 N–H and O–H groups in total. The molecule has 0 atom stereocenters. The van der Waals surface area contributed by atoms with Gasteiger partial charge in [0.2, 0.25) is 0 Å². The monoisotopic (exact) mass is 469 g/mol. The van der Waals surface area contributed by atoms with Gasteiger partial charge in [0.25, 0.3) is 0 Å². The number of para-hydroxylation sites is 1. The fourth-order valence-corrected chi connectivity index (χ4v) is 3.67. The summed E-state index contributed by atoms with van der Waals surface area (Å²) in [6, 6.07) is 17.1. The van der Waals surface area contributed by atoms with Crippen molar-refractivity contribution in [2.75, 3.05) is 18.7 Å². The summed E-state index contributed by atoms with van der Waals surface area (Å²) in [7, 11) is -2.14. The number of hydrogen-bond acceptors (Lipinski definition) is 7. The van der Waals surface area contributed by atoms with Crippen LogP contribution < -0.4 is 5.32 Å². The fourth-order valence-electron chi connectivity index (χ4n) is 2.83. The molecule has 2 aromatic carbocycles. The number of nitrogens with zero attached hydrogens (tertiary/aromatic N) is 1. The van der Waals surface area contributed by atoms with Gasteiger partial charge in [-0.25, -0.2) is 13.2 Å². The number of ether oxygens (including phenoxy) is 1. The summed E-state index contributed by atoms with van der Waals surface area (Å²) in [4.78, 5) is 16.4. The number of rotatable bonds is 7. The molecule has 0 radical (unpaired) electrons. The molecular weight excluding hydrogens is 450 g/mol. The summed E-state index contributed by atoms with van der Waals surface area (Å²) >= 11 is 6.23. The molecule has 0 spiro atoms. The summed E-state index contributed by atoms with van der Waals surface area (Å²) in [5, 5.41) is 11.5. The number of pyridine rings is 1. The van der Waals surface area contributed by atoms with E-state index in [1.807, 2.05) is 0 Å². The van der Waals surface area contributed by atoms with Crippen molar-refractivity contribution < 1.29 is 17.9 Å². The number of esters is 1. The Labute approximate surface area is 191 Å². The van der Waals surface area contributed by atoms with E-state index in [-0.39, 0.29) is 10.6 Å². The molecule has 0 bridgehead atoms. The van der Waals surface area contributed by atoms with Crippen molar-refractivity contribution in [3.8, 4) is 11.1 Å². The second-order valence-corrected chi connectivity index (χ2v) is 9.22. The van der Waals surface area contributed by atoms with E-state index in [0.29, 0.717) is 33.2 Å². The molecule has 3 aromatic rings. The maximum Gasteiger partial charge on any atom is 0.356 e. The number of halogens is 1. The molecule has 0 aliphatic heterocycles. The van der Waals surface area contributed by atoms with E-state index < -0.39 is 15.8 Å². The van der Waals surface area contributed by atoms with Crippen molar-refractivity contribution in [3.05, 3.63) is 83.7 Å². The van der Waals surface area contributed by atoms with Crippen molar-refractivity contribution in [1.29, 1.82) is 5.41 Å². The maximum atomic E-state index is 11.8. The molecule has 164 valence electrons. The lowest BCUT2D eigenvalue weighted by molar-refractivity contribution is -0.132. The second kappa shape index (κ2) is 9.76. The minimum Gasteiger partial charge on any atom is -0.464 e. The highest BCUT2D eigenvalue weighted by molar-refractivity contribution is 7.90. The number of hydrogen-bond donors (Lipinski definition) is 2. The Hall–Kier alpha value is -3.49. The van der Waals surface area contributed by atoms with Crippen LogP contribution in [0.5, 0.6) is 0 Å². The normalized spacial score (nSPS) is 11.7. The van der Waals surface area contributed by atoms with Crippen molar-refractivity contribution in [2.45, 2.75) is 4.90 Å². The van der Waals surface area contributed by atoms with Gasteiger partial charge in [0.15, 0.2) is 9.84 Å². The molecule has 0 unspecified atom stereocenters. The van der Waals surface area contributed by atoms with Gasteiger partial charge in [0.05, 0.1) is 34.1 Å². The van der Waals surface area contributed by atoms with Crippen LogP contribution in [-0.2, 0) is 19.4 Å². The number of aromatic nitrogens is 1. The molecule has 9 heteroatoms.